The van der Waals surface area contributed by atoms with Gasteiger partial charge >= 0.3 is 0 Å². The summed E-state index contributed by atoms with van der Waals surface area (Å²) < 4.78 is 35.7. The van der Waals surface area contributed by atoms with Gasteiger partial charge in [-0.25, -0.2) is 8.42 Å². The summed E-state index contributed by atoms with van der Waals surface area (Å²) in [6.07, 6.45) is 0.171. The maximum absolute atomic E-state index is 14.2. The number of aliphatic hydroxyl groups excluding tert-OH is 2. The largest absolute Gasteiger partial charge is 0.411 e. The van der Waals surface area contributed by atoms with Crippen LogP contribution in [0.15, 0.2) is 40.4 Å². The molecule has 0 radical (unpaired) electrons. The first-order chi connectivity index (χ1) is 18.3. The third-order valence-corrected chi connectivity index (χ3v) is 13.7. The predicted molar refractivity (Wildman–Crippen MR) is 142 cm³/mol. The molecule has 0 bridgehead atoms. The van der Waals surface area contributed by atoms with E-state index in [1.54, 1.807) is 30.3 Å². The number of benzene rings is 1. The zero-order valence-corrected chi connectivity index (χ0v) is 23.8. The van der Waals surface area contributed by atoms with Gasteiger partial charge in [0.2, 0.25) is 5.91 Å². The quantitative estimate of drug-likeness (QED) is 0.321. The number of oxime groups is 1. The van der Waals surface area contributed by atoms with Crippen LogP contribution in [-0.4, -0.2) is 64.7 Å². The Morgan fingerprint density at radius 1 is 1.08 bits per heavy atom. The SMILES string of the molecule is CC1CCC2C(C)(C)C(=NO)C(S(=O)(=O)c3ccccc3)CC23OC2C(CC13C)C(O)CC1C(=O)NC(O)C12. The van der Waals surface area contributed by atoms with Crippen LogP contribution < -0.4 is 5.32 Å². The maximum Gasteiger partial charge on any atom is 0.225 e. The van der Waals surface area contributed by atoms with Gasteiger partial charge in [0.1, 0.15) is 11.5 Å². The molecule has 214 valence electrons. The van der Waals surface area contributed by atoms with Crippen LogP contribution >= 0.6 is 0 Å². The first-order valence-electron chi connectivity index (χ1n) is 14.2. The van der Waals surface area contributed by atoms with Crippen molar-refractivity contribution in [1.82, 2.24) is 5.32 Å². The molecule has 11 atom stereocenters. The van der Waals surface area contributed by atoms with Crippen molar-refractivity contribution in [1.29, 1.82) is 0 Å². The lowest BCUT2D eigenvalue weighted by atomic mass is 9.42. The van der Waals surface area contributed by atoms with Crippen molar-refractivity contribution in [3.63, 3.8) is 0 Å². The van der Waals surface area contributed by atoms with E-state index in [9.17, 15) is 28.6 Å². The molecular weight excluding hydrogens is 520 g/mol. The molecule has 2 saturated heterocycles. The third kappa shape index (κ3) is 3.50. The van der Waals surface area contributed by atoms with Gasteiger partial charge in [-0.15, -0.1) is 0 Å². The Morgan fingerprint density at radius 3 is 2.44 bits per heavy atom. The van der Waals surface area contributed by atoms with E-state index in [2.05, 4.69) is 24.3 Å². The fourth-order valence-electron chi connectivity index (χ4n) is 9.44. The number of hydrogen-bond donors (Lipinski definition) is 4. The Bertz CT molecular complexity index is 1300. The van der Waals surface area contributed by atoms with Crippen LogP contribution in [0.4, 0.5) is 0 Å². The minimum absolute atomic E-state index is 0.104. The number of nitrogens with one attached hydrogen (secondary N) is 1. The van der Waals surface area contributed by atoms with E-state index in [4.69, 9.17) is 4.74 Å². The molecule has 9 nitrogen and oxygen atoms in total. The molecule has 3 aliphatic carbocycles. The summed E-state index contributed by atoms with van der Waals surface area (Å²) in [5, 5.41) is 37.6. The molecule has 2 heterocycles. The highest BCUT2D eigenvalue weighted by Gasteiger charge is 2.73. The van der Waals surface area contributed by atoms with Gasteiger partial charge in [0.25, 0.3) is 0 Å². The van der Waals surface area contributed by atoms with Gasteiger partial charge in [-0.3, -0.25) is 4.79 Å². The van der Waals surface area contributed by atoms with E-state index in [-0.39, 0.29) is 47.1 Å². The van der Waals surface area contributed by atoms with E-state index >= 15 is 0 Å². The lowest BCUT2D eigenvalue weighted by Crippen LogP contribution is -2.75. The van der Waals surface area contributed by atoms with E-state index in [0.29, 0.717) is 6.42 Å². The molecule has 1 amide bonds. The summed E-state index contributed by atoms with van der Waals surface area (Å²) in [4.78, 5) is 12.8. The van der Waals surface area contributed by atoms with Crippen molar-refractivity contribution >= 4 is 21.5 Å². The number of fused-ring (bicyclic) bond motifs is 3. The number of rotatable bonds is 2. The molecule has 1 aromatic rings. The van der Waals surface area contributed by atoms with Crippen molar-refractivity contribution in [2.24, 2.45) is 45.6 Å². The standard InChI is InChI=1S/C29H40N2O7S/c1-15-10-11-21-27(2,3)24(31-35)20(39(36,37)16-8-6-5-7-9-16)14-29(21)28(15,4)13-18-19(32)12-17-22(23(18)38-29)26(34)30-25(17)33/h5-9,15,17-23,26,32,34-35H,10-14H2,1-4H3,(H,30,33). The molecule has 0 aromatic heterocycles. The Balaban J connectivity index is 1.53. The minimum Gasteiger partial charge on any atom is -0.411 e. The van der Waals surface area contributed by atoms with Crippen molar-refractivity contribution in [3.8, 4) is 0 Å². The second-order valence-electron chi connectivity index (χ2n) is 13.5. The monoisotopic (exact) mass is 560 g/mol. The van der Waals surface area contributed by atoms with E-state index in [1.165, 1.54) is 0 Å². The predicted octanol–water partition coefficient (Wildman–Crippen LogP) is 2.73. The highest BCUT2D eigenvalue weighted by molar-refractivity contribution is 7.92. The fraction of sp³-hybridized carbons (Fsp3) is 0.724. The van der Waals surface area contributed by atoms with Gasteiger partial charge in [-0.05, 0) is 61.5 Å². The van der Waals surface area contributed by atoms with Crippen LogP contribution in [0.2, 0.25) is 0 Å². The first-order valence-corrected chi connectivity index (χ1v) is 15.7. The smallest absolute Gasteiger partial charge is 0.225 e. The molecule has 5 aliphatic rings. The van der Waals surface area contributed by atoms with Crippen LogP contribution in [0, 0.1) is 40.4 Å². The van der Waals surface area contributed by atoms with Gasteiger partial charge < -0.3 is 25.5 Å². The van der Waals surface area contributed by atoms with Crippen LogP contribution in [0.5, 0.6) is 0 Å². The highest BCUT2D eigenvalue weighted by Crippen LogP contribution is 2.69. The normalized spacial score (nSPS) is 47.9. The molecule has 6 rings (SSSR count). The first kappa shape index (κ1) is 27.2. The Kier molecular flexibility index (Phi) is 6.09. The summed E-state index contributed by atoms with van der Waals surface area (Å²) >= 11 is 0. The third-order valence-electron chi connectivity index (χ3n) is 11.6. The van der Waals surface area contributed by atoms with Crippen molar-refractivity contribution in [2.75, 3.05) is 0 Å². The number of sulfone groups is 1. The topological polar surface area (TPSA) is 146 Å². The number of hydrogen-bond acceptors (Lipinski definition) is 8. The maximum atomic E-state index is 14.2. The zero-order valence-electron chi connectivity index (χ0n) is 22.9. The Hall–Kier alpha value is -2.01. The second-order valence-corrected chi connectivity index (χ2v) is 15.6. The molecule has 4 N–H and O–H groups in total. The summed E-state index contributed by atoms with van der Waals surface area (Å²) in [6.45, 7) is 8.23. The lowest BCUT2D eigenvalue weighted by Gasteiger charge is -2.70. The molecule has 2 aliphatic heterocycles. The number of carbonyl (C=O) groups excluding carboxylic acids is 1. The number of carbonyl (C=O) groups is 1. The fourth-order valence-corrected chi connectivity index (χ4v) is 11.4. The number of ether oxygens (including phenoxy) is 1. The summed E-state index contributed by atoms with van der Waals surface area (Å²) in [7, 11) is -3.96. The Labute approximate surface area is 229 Å². The molecule has 1 spiro atoms. The molecular formula is C29H40N2O7S. The number of aliphatic hydroxyl groups is 2. The van der Waals surface area contributed by atoms with Crippen molar-refractivity contribution in [3.05, 3.63) is 30.3 Å². The summed E-state index contributed by atoms with van der Waals surface area (Å²) in [5.74, 6) is -1.65. The van der Waals surface area contributed by atoms with Gasteiger partial charge in [0.15, 0.2) is 9.84 Å². The Morgan fingerprint density at radius 2 is 1.77 bits per heavy atom. The molecule has 3 saturated carbocycles. The van der Waals surface area contributed by atoms with Gasteiger partial charge in [-0.2, -0.15) is 0 Å². The average molecular weight is 561 g/mol. The van der Waals surface area contributed by atoms with Gasteiger partial charge in [-0.1, -0.05) is 51.0 Å². The lowest BCUT2D eigenvalue weighted by molar-refractivity contribution is -0.323. The molecule has 1 aromatic carbocycles. The number of nitrogens with zero attached hydrogens (tertiary/aromatic N) is 1. The van der Waals surface area contributed by atoms with Crippen LogP contribution in [0.25, 0.3) is 0 Å². The molecule has 11 unspecified atom stereocenters. The summed E-state index contributed by atoms with van der Waals surface area (Å²) in [5.41, 5.74) is -2.01. The van der Waals surface area contributed by atoms with Crippen molar-refractivity contribution in [2.45, 2.75) is 94.0 Å². The van der Waals surface area contributed by atoms with Crippen molar-refractivity contribution < 1.29 is 33.4 Å². The van der Waals surface area contributed by atoms with E-state index < -0.39 is 61.8 Å². The second kappa shape index (κ2) is 8.74. The van der Waals surface area contributed by atoms with Crippen LogP contribution in [0.3, 0.4) is 0 Å². The summed E-state index contributed by atoms with van der Waals surface area (Å²) in [6, 6.07) is 8.25. The number of amides is 1. The van der Waals surface area contributed by atoms with Gasteiger partial charge in [0, 0.05) is 17.3 Å². The molecule has 39 heavy (non-hydrogen) atoms. The minimum atomic E-state index is -3.96. The van der Waals surface area contributed by atoms with Crippen LogP contribution in [-0.2, 0) is 19.4 Å². The van der Waals surface area contributed by atoms with E-state index in [0.717, 1.165) is 12.8 Å². The average Bonchev–Trinajstić information content (AvgIpc) is 3.16. The molecule has 10 heteroatoms. The van der Waals surface area contributed by atoms with E-state index in [1.807, 2.05) is 13.8 Å². The highest BCUT2D eigenvalue weighted by atomic mass is 32.2. The zero-order chi connectivity index (χ0) is 28.1. The molecule has 5 fully saturated rings. The van der Waals surface area contributed by atoms with Crippen LogP contribution in [0.1, 0.15) is 59.8 Å². The van der Waals surface area contributed by atoms with Gasteiger partial charge in [0.05, 0.1) is 34.3 Å².